The van der Waals surface area contributed by atoms with Crippen LogP contribution >= 0.6 is 0 Å². The van der Waals surface area contributed by atoms with Gasteiger partial charge in [-0.05, 0) is 80.5 Å². The van der Waals surface area contributed by atoms with Crippen LogP contribution in [0.4, 0.5) is 0 Å². The molecule has 0 aliphatic heterocycles. The van der Waals surface area contributed by atoms with Gasteiger partial charge in [0.05, 0.1) is 0 Å². The van der Waals surface area contributed by atoms with Gasteiger partial charge < -0.3 is 4.74 Å². The summed E-state index contributed by atoms with van der Waals surface area (Å²) in [6, 6.07) is 0. The summed E-state index contributed by atoms with van der Waals surface area (Å²) in [5.74, 6) is 3.63. The molecule has 4 aliphatic carbocycles. The van der Waals surface area contributed by atoms with Gasteiger partial charge in [-0.1, -0.05) is 33.6 Å². The van der Waals surface area contributed by atoms with Crippen molar-refractivity contribution in [3.8, 4) is 0 Å². The van der Waals surface area contributed by atoms with Gasteiger partial charge in [0.15, 0.2) is 0 Å². The van der Waals surface area contributed by atoms with Gasteiger partial charge in [-0.3, -0.25) is 4.79 Å². The number of carbonyl (C=O) groups is 1. The zero-order valence-corrected chi connectivity index (χ0v) is 16.0. The minimum absolute atomic E-state index is 0.00643. The van der Waals surface area contributed by atoms with Crippen molar-refractivity contribution in [3.63, 3.8) is 0 Å². The van der Waals surface area contributed by atoms with E-state index in [-0.39, 0.29) is 17.5 Å². The fourth-order valence-corrected chi connectivity index (χ4v) is 7.68. The van der Waals surface area contributed by atoms with Crippen LogP contribution in [0.2, 0.25) is 0 Å². The van der Waals surface area contributed by atoms with Crippen LogP contribution in [0.5, 0.6) is 0 Å². The predicted molar refractivity (Wildman–Crippen MR) is 96.5 cm³/mol. The highest BCUT2D eigenvalue weighted by Crippen LogP contribution is 2.66. The summed E-state index contributed by atoms with van der Waals surface area (Å²) in [6.07, 6.45) is 14.5. The maximum Gasteiger partial charge on any atom is 0.305 e. The van der Waals surface area contributed by atoms with E-state index in [4.69, 9.17) is 4.74 Å². The van der Waals surface area contributed by atoms with Crippen molar-refractivity contribution in [2.24, 2.45) is 34.5 Å². The highest BCUT2D eigenvalue weighted by Gasteiger charge is 2.60. The molecule has 2 nitrogen and oxygen atoms in total. The smallest absolute Gasteiger partial charge is 0.305 e. The molecule has 4 rings (SSSR count). The van der Waals surface area contributed by atoms with E-state index in [1.54, 1.807) is 0 Å². The van der Waals surface area contributed by atoms with Crippen molar-refractivity contribution in [2.75, 3.05) is 0 Å². The highest BCUT2D eigenvalue weighted by atomic mass is 16.5. The van der Waals surface area contributed by atoms with Crippen molar-refractivity contribution in [3.05, 3.63) is 0 Å². The molecular weight excluding hydrogens is 296 g/mol. The van der Waals surface area contributed by atoms with Gasteiger partial charge in [0.1, 0.15) is 6.10 Å². The monoisotopic (exact) mass is 332 g/mol. The summed E-state index contributed by atoms with van der Waals surface area (Å²) in [5.41, 5.74) is 0.866. The number of rotatable bonds is 2. The van der Waals surface area contributed by atoms with E-state index >= 15 is 0 Å². The Hall–Kier alpha value is -0.530. The first kappa shape index (κ1) is 16.9. The predicted octanol–water partition coefficient (Wildman–Crippen LogP) is 5.74. The van der Waals surface area contributed by atoms with Gasteiger partial charge in [-0.25, -0.2) is 0 Å². The molecule has 4 aliphatic rings. The Bertz CT molecular complexity index is 500. The molecule has 0 aromatic rings. The van der Waals surface area contributed by atoms with E-state index in [2.05, 4.69) is 13.8 Å². The highest BCUT2D eigenvalue weighted by molar-refractivity contribution is 5.69. The number of hydrogen-bond acceptors (Lipinski definition) is 2. The zero-order chi connectivity index (χ0) is 16.9. The molecule has 2 heteroatoms. The first-order valence-corrected chi connectivity index (χ1v) is 10.7. The lowest BCUT2D eigenvalue weighted by atomic mass is 9.45. The van der Waals surface area contributed by atoms with Crippen molar-refractivity contribution in [1.29, 1.82) is 0 Å². The normalized spacial score (nSPS) is 50.5. The first-order chi connectivity index (χ1) is 11.5. The van der Waals surface area contributed by atoms with Crippen molar-refractivity contribution in [1.82, 2.24) is 0 Å². The molecule has 0 aromatic heterocycles. The number of ether oxygens (including phenoxy) is 1. The van der Waals surface area contributed by atoms with Crippen LogP contribution in [0.3, 0.4) is 0 Å². The second kappa shape index (κ2) is 6.02. The Morgan fingerprint density at radius 1 is 0.917 bits per heavy atom. The summed E-state index contributed by atoms with van der Waals surface area (Å²) < 4.78 is 5.91. The maximum absolute atomic E-state index is 11.9. The second-order valence-corrected chi connectivity index (χ2v) is 9.86. The van der Waals surface area contributed by atoms with E-state index in [1.165, 1.54) is 57.8 Å². The molecule has 0 spiro atoms. The van der Waals surface area contributed by atoms with Crippen LogP contribution in [0.25, 0.3) is 0 Å². The van der Waals surface area contributed by atoms with Crippen LogP contribution in [-0.2, 0) is 9.53 Å². The van der Waals surface area contributed by atoms with Crippen LogP contribution in [0.15, 0.2) is 0 Å². The minimum atomic E-state index is 0.00643. The molecule has 0 unspecified atom stereocenters. The van der Waals surface area contributed by atoms with Crippen molar-refractivity contribution >= 4 is 5.97 Å². The summed E-state index contributed by atoms with van der Waals surface area (Å²) >= 11 is 0. The SMILES string of the molecule is CCC(=O)O[C@@H]1CC[C@H]2[C@@H]3CC[C@@H]4CCCC[C@]4(C)[C@H]3CC[C@]12C. The Morgan fingerprint density at radius 2 is 1.71 bits per heavy atom. The molecule has 24 heavy (non-hydrogen) atoms. The standard InChI is InChI=1S/C22H36O2/c1-4-20(23)24-19-11-10-17-16-9-8-15-7-5-6-13-21(15,2)18(16)12-14-22(17,19)3/h15-19H,4-14H2,1-3H3/t15-,16-,17-,18-,19+,21-,22-/m0/s1. The fourth-order valence-electron chi connectivity index (χ4n) is 7.68. The average molecular weight is 333 g/mol. The van der Waals surface area contributed by atoms with Crippen LogP contribution < -0.4 is 0 Å². The Labute approximate surface area is 148 Å². The third-order valence-corrected chi connectivity index (χ3v) is 9.06. The zero-order valence-electron chi connectivity index (χ0n) is 16.0. The topological polar surface area (TPSA) is 26.3 Å². The van der Waals surface area contributed by atoms with Crippen LogP contribution in [0.1, 0.15) is 91.4 Å². The van der Waals surface area contributed by atoms with Crippen molar-refractivity contribution < 1.29 is 9.53 Å². The molecule has 0 radical (unpaired) electrons. The lowest BCUT2D eigenvalue weighted by Crippen LogP contribution is -2.53. The number of hydrogen-bond donors (Lipinski definition) is 0. The lowest BCUT2D eigenvalue weighted by Gasteiger charge is -2.60. The molecular formula is C22H36O2. The molecule has 0 saturated heterocycles. The van der Waals surface area contributed by atoms with Gasteiger partial charge in [0.2, 0.25) is 0 Å². The Morgan fingerprint density at radius 3 is 2.50 bits per heavy atom. The lowest BCUT2D eigenvalue weighted by molar-refractivity contribution is -0.163. The molecule has 0 amide bonds. The van der Waals surface area contributed by atoms with E-state index in [1.807, 2.05) is 6.92 Å². The molecule has 0 aromatic carbocycles. The minimum Gasteiger partial charge on any atom is -0.462 e. The number of carbonyl (C=O) groups excluding carboxylic acids is 1. The molecule has 0 N–H and O–H groups in total. The van der Waals surface area contributed by atoms with Gasteiger partial charge >= 0.3 is 5.97 Å². The quantitative estimate of drug-likeness (QED) is 0.603. The van der Waals surface area contributed by atoms with E-state index < -0.39 is 0 Å². The Balaban J connectivity index is 1.56. The van der Waals surface area contributed by atoms with Crippen molar-refractivity contribution in [2.45, 2.75) is 97.5 Å². The van der Waals surface area contributed by atoms with E-state index in [9.17, 15) is 4.79 Å². The van der Waals surface area contributed by atoms with Gasteiger partial charge in [0.25, 0.3) is 0 Å². The van der Waals surface area contributed by atoms with Gasteiger partial charge in [0, 0.05) is 11.8 Å². The first-order valence-electron chi connectivity index (χ1n) is 10.7. The van der Waals surface area contributed by atoms with Crippen LogP contribution in [-0.4, -0.2) is 12.1 Å². The third kappa shape index (κ3) is 2.38. The fraction of sp³-hybridized carbons (Fsp3) is 0.955. The average Bonchev–Trinajstić information content (AvgIpc) is 2.91. The van der Waals surface area contributed by atoms with E-state index in [0.29, 0.717) is 11.8 Å². The molecule has 0 bridgehead atoms. The summed E-state index contributed by atoms with van der Waals surface area (Å²) in [5, 5.41) is 0. The molecule has 4 saturated carbocycles. The number of fused-ring (bicyclic) bond motifs is 5. The summed E-state index contributed by atoms with van der Waals surface area (Å²) in [4.78, 5) is 11.9. The third-order valence-electron chi connectivity index (χ3n) is 9.06. The maximum atomic E-state index is 11.9. The van der Waals surface area contributed by atoms with E-state index in [0.717, 1.165) is 30.1 Å². The number of esters is 1. The molecule has 7 atom stereocenters. The van der Waals surface area contributed by atoms with Gasteiger partial charge in [-0.15, -0.1) is 0 Å². The van der Waals surface area contributed by atoms with Gasteiger partial charge in [-0.2, -0.15) is 0 Å². The molecule has 0 heterocycles. The molecule has 136 valence electrons. The summed E-state index contributed by atoms with van der Waals surface area (Å²) in [7, 11) is 0. The molecule has 4 fully saturated rings. The van der Waals surface area contributed by atoms with Crippen LogP contribution in [0, 0.1) is 34.5 Å². The largest absolute Gasteiger partial charge is 0.462 e. The second-order valence-electron chi connectivity index (χ2n) is 9.86. The summed E-state index contributed by atoms with van der Waals surface area (Å²) in [6.45, 7) is 7.00. The Kier molecular flexibility index (Phi) is 4.24.